The van der Waals surface area contributed by atoms with Crippen molar-refractivity contribution in [3.05, 3.63) is 11.6 Å². The molecule has 0 saturated carbocycles. The van der Waals surface area contributed by atoms with Crippen molar-refractivity contribution in [2.45, 2.75) is 51.4 Å². The molecule has 6 heteroatoms. The molecule has 21 heavy (non-hydrogen) atoms. The van der Waals surface area contributed by atoms with E-state index in [-0.39, 0.29) is 17.3 Å². The van der Waals surface area contributed by atoms with Crippen molar-refractivity contribution in [1.82, 2.24) is 0 Å². The van der Waals surface area contributed by atoms with Crippen LogP contribution in [-0.2, 0) is 9.53 Å². The number of nitrogens with zero attached hydrogens (tertiary/aromatic N) is 1. The predicted molar refractivity (Wildman–Crippen MR) is 75.3 cm³/mol. The van der Waals surface area contributed by atoms with Gasteiger partial charge in [-0.25, -0.2) is 10.0 Å². The monoisotopic (exact) mass is 300 g/mol. The van der Waals surface area contributed by atoms with Gasteiger partial charge in [0.2, 0.25) is 0 Å². The van der Waals surface area contributed by atoms with E-state index in [1.165, 1.54) is 6.92 Å². The van der Waals surface area contributed by atoms with E-state index in [0.717, 1.165) is 25.0 Å². The molecule has 3 N–H and O–H groups in total. The lowest BCUT2D eigenvalue weighted by Crippen LogP contribution is -2.53. The minimum Gasteiger partial charge on any atom is -0.459 e. The molecule has 0 aromatic heterocycles. The molecule has 0 spiro atoms. The summed E-state index contributed by atoms with van der Waals surface area (Å²) in [6.45, 7) is 6.03. The van der Waals surface area contributed by atoms with Crippen molar-refractivity contribution < 1.29 is 29.6 Å². The predicted octanol–water partition coefficient (Wildman–Crippen LogP) is 0.606. The number of aliphatic hydroxyl groups excluding tert-OH is 1. The van der Waals surface area contributed by atoms with E-state index >= 15 is 0 Å². The molecule has 120 valence electrons. The highest BCUT2D eigenvalue weighted by atomic mass is 16.6. The molecule has 2 heterocycles. The highest BCUT2D eigenvalue weighted by Gasteiger charge is 2.49. The van der Waals surface area contributed by atoms with Crippen molar-refractivity contribution in [1.29, 1.82) is 0 Å². The minimum atomic E-state index is -1.90. The standard InChI is InChI=1S/C15H26NO5/c1-10(2)15(19,11(3)17)14(18)21-9-12-6-8-16(20)7-4-5-13(12)16/h6,10-11,13,17,19-20H,4-5,7-9H2,1-3H3/q+1/t11-,13+,15-,16?/m1/s1. The lowest BCUT2D eigenvalue weighted by Gasteiger charge is -2.32. The average molecular weight is 300 g/mol. The van der Waals surface area contributed by atoms with Crippen LogP contribution in [0.15, 0.2) is 11.6 Å². The molecule has 1 fully saturated rings. The molecule has 0 aromatic carbocycles. The zero-order valence-corrected chi connectivity index (χ0v) is 13.0. The number of carbonyl (C=O) groups excluding carboxylic acids is 1. The highest BCUT2D eigenvalue weighted by molar-refractivity contribution is 5.80. The molecule has 0 aliphatic carbocycles. The van der Waals surface area contributed by atoms with Gasteiger partial charge >= 0.3 is 5.97 Å². The van der Waals surface area contributed by atoms with Gasteiger partial charge in [0.15, 0.2) is 5.60 Å². The summed E-state index contributed by atoms with van der Waals surface area (Å²) in [7, 11) is 0. The topological polar surface area (TPSA) is 87.0 Å². The number of esters is 1. The number of fused-ring (bicyclic) bond motifs is 1. The summed E-state index contributed by atoms with van der Waals surface area (Å²) < 4.78 is 5.24. The third kappa shape index (κ3) is 2.73. The highest BCUT2D eigenvalue weighted by Crippen LogP contribution is 2.35. The molecule has 0 aromatic rings. The van der Waals surface area contributed by atoms with E-state index in [1.54, 1.807) is 13.8 Å². The maximum atomic E-state index is 12.1. The fourth-order valence-electron chi connectivity index (χ4n) is 3.39. The second-order valence-corrected chi connectivity index (χ2v) is 6.56. The van der Waals surface area contributed by atoms with E-state index in [0.29, 0.717) is 6.54 Å². The molecular weight excluding hydrogens is 274 g/mol. The first-order chi connectivity index (χ1) is 9.71. The fraction of sp³-hybridized carbons (Fsp3) is 0.800. The van der Waals surface area contributed by atoms with Gasteiger partial charge in [-0.3, -0.25) is 0 Å². The van der Waals surface area contributed by atoms with E-state index in [2.05, 4.69) is 0 Å². The van der Waals surface area contributed by atoms with Crippen LogP contribution in [0.5, 0.6) is 0 Å². The number of rotatable bonds is 5. The van der Waals surface area contributed by atoms with Crippen molar-refractivity contribution in [2.75, 3.05) is 19.7 Å². The second kappa shape index (κ2) is 5.68. The first kappa shape index (κ1) is 16.4. The van der Waals surface area contributed by atoms with Gasteiger partial charge in [0.05, 0.1) is 6.10 Å². The Bertz CT molecular complexity index is 437. The van der Waals surface area contributed by atoms with Crippen LogP contribution in [0.2, 0.25) is 0 Å². The van der Waals surface area contributed by atoms with Crippen LogP contribution in [0, 0.1) is 5.92 Å². The van der Waals surface area contributed by atoms with E-state index in [1.807, 2.05) is 6.08 Å². The van der Waals surface area contributed by atoms with E-state index in [9.17, 15) is 20.2 Å². The van der Waals surface area contributed by atoms with Crippen molar-refractivity contribution in [3.8, 4) is 0 Å². The van der Waals surface area contributed by atoms with Crippen LogP contribution < -0.4 is 0 Å². The smallest absolute Gasteiger partial charge is 0.341 e. The number of quaternary nitrogens is 1. The van der Waals surface area contributed by atoms with Crippen molar-refractivity contribution >= 4 is 5.97 Å². The number of hydrogen-bond acceptors (Lipinski definition) is 5. The van der Waals surface area contributed by atoms with Crippen LogP contribution in [0.25, 0.3) is 0 Å². The van der Waals surface area contributed by atoms with Gasteiger partial charge in [-0.2, -0.15) is 4.65 Å². The molecule has 2 aliphatic heterocycles. The molecule has 2 rings (SSSR count). The van der Waals surface area contributed by atoms with Crippen LogP contribution in [0.3, 0.4) is 0 Å². The lowest BCUT2D eigenvalue weighted by molar-refractivity contribution is -1.10. The summed E-state index contributed by atoms with van der Waals surface area (Å²) >= 11 is 0. The molecule has 0 amide bonds. The number of hydroxylamine groups is 3. The van der Waals surface area contributed by atoms with Crippen LogP contribution >= 0.6 is 0 Å². The van der Waals surface area contributed by atoms with Gasteiger partial charge in [0, 0.05) is 18.4 Å². The Morgan fingerprint density at radius 3 is 2.76 bits per heavy atom. The number of hydrogen-bond donors (Lipinski definition) is 3. The molecule has 2 aliphatic rings. The zero-order chi connectivity index (χ0) is 15.8. The zero-order valence-electron chi connectivity index (χ0n) is 13.0. The fourth-order valence-corrected chi connectivity index (χ4v) is 3.39. The molecule has 0 radical (unpaired) electrons. The Labute approximate surface area is 125 Å². The molecular formula is C15H26NO5+. The van der Waals surface area contributed by atoms with Gasteiger partial charge in [0.1, 0.15) is 25.7 Å². The lowest BCUT2D eigenvalue weighted by atomic mass is 9.85. The maximum absolute atomic E-state index is 12.1. The van der Waals surface area contributed by atoms with Crippen molar-refractivity contribution in [3.63, 3.8) is 0 Å². The summed E-state index contributed by atoms with van der Waals surface area (Å²) in [4.78, 5) is 12.1. The first-order valence-electron chi connectivity index (χ1n) is 7.58. The van der Waals surface area contributed by atoms with Crippen LogP contribution in [-0.4, -0.2) is 63.5 Å². The van der Waals surface area contributed by atoms with Crippen LogP contribution in [0.4, 0.5) is 0 Å². The normalized spacial score (nSPS) is 32.5. The Balaban J connectivity index is 1.99. The van der Waals surface area contributed by atoms with Gasteiger partial charge in [-0.1, -0.05) is 13.8 Å². The summed E-state index contributed by atoms with van der Waals surface area (Å²) in [5.41, 5.74) is -1.000. The summed E-state index contributed by atoms with van der Waals surface area (Å²) in [6.07, 6.45) is 2.54. The third-order valence-electron chi connectivity index (χ3n) is 4.91. The summed E-state index contributed by atoms with van der Waals surface area (Å²) in [6, 6.07) is -0.00325. The van der Waals surface area contributed by atoms with Crippen LogP contribution in [0.1, 0.15) is 33.6 Å². The number of carbonyl (C=O) groups is 1. The number of ether oxygens (including phenoxy) is 1. The Morgan fingerprint density at radius 2 is 2.19 bits per heavy atom. The quantitative estimate of drug-likeness (QED) is 0.393. The first-order valence-corrected chi connectivity index (χ1v) is 7.58. The molecule has 1 saturated heterocycles. The largest absolute Gasteiger partial charge is 0.459 e. The van der Waals surface area contributed by atoms with Gasteiger partial charge in [-0.05, 0) is 18.9 Å². The molecule has 6 nitrogen and oxygen atoms in total. The SMILES string of the molecule is CC(C)[C@](O)(C(=O)OCC1=CC[N+]2(O)CCC[C@@H]12)[C@@H](C)O. The third-order valence-corrected chi connectivity index (χ3v) is 4.91. The van der Waals surface area contributed by atoms with Crippen molar-refractivity contribution in [2.24, 2.45) is 5.92 Å². The summed E-state index contributed by atoms with van der Waals surface area (Å²) in [5, 5.41) is 30.4. The van der Waals surface area contributed by atoms with E-state index < -0.39 is 23.6 Å². The average Bonchev–Trinajstić information content (AvgIpc) is 2.91. The second-order valence-electron chi connectivity index (χ2n) is 6.56. The maximum Gasteiger partial charge on any atom is 0.341 e. The molecule has 0 bridgehead atoms. The van der Waals surface area contributed by atoms with Gasteiger partial charge in [0.25, 0.3) is 0 Å². The Kier molecular flexibility index (Phi) is 4.44. The molecule has 1 unspecified atom stereocenters. The van der Waals surface area contributed by atoms with E-state index in [4.69, 9.17) is 4.74 Å². The Morgan fingerprint density at radius 1 is 1.52 bits per heavy atom. The minimum absolute atomic E-state index is 0.00325. The summed E-state index contributed by atoms with van der Waals surface area (Å²) in [5.74, 6) is -1.27. The number of aliphatic hydroxyl groups is 2. The Hall–Kier alpha value is -0.950. The van der Waals surface area contributed by atoms with Gasteiger partial charge < -0.3 is 14.9 Å². The molecule has 4 atom stereocenters. The van der Waals surface area contributed by atoms with Gasteiger partial charge in [-0.15, -0.1) is 0 Å².